The van der Waals surface area contributed by atoms with Gasteiger partial charge in [0.15, 0.2) is 38.0 Å². The molecule has 2 aromatic heterocycles. The molecule has 2 rings (SSSR count). The molecule has 0 bridgehead atoms. The Morgan fingerprint density at radius 3 is 1.34 bits per heavy atom. The molecule has 0 saturated heterocycles. The van der Waals surface area contributed by atoms with Crippen molar-refractivity contribution in [1.29, 1.82) is 0 Å². The molecule has 2 heterocycles. The molecule has 68 heavy (non-hydrogen) atoms. The van der Waals surface area contributed by atoms with Crippen LogP contribution in [0.3, 0.4) is 0 Å². The lowest BCUT2D eigenvalue weighted by molar-refractivity contribution is -0.330. The van der Waals surface area contributed by atoms with Gasteiger partial charge in [0, 0.05) is 64.5 Å². The molecule has 10 N–H and O–H groups in total. The van der Waals surface area contributed by atoms with Crippen LogP contribution < -0.4 is 64.9 Å². The van der Waals surface area contributed by atoms with E-state index in [9.17, 15) is 116 Å². The quantitative estimate of drug-likeness (QED) is 0.0379. The minimum absolute atomic E-state index is 0. The number of unbranched alkanes of at least 4 members (excludes halogenated alkanes) is 3. The molecule has 40 heteroatoms. The third kappa shape index (κ3) is 21.1. The summed E-state index contributed by atoms with van der Waals surface area (Å²) < 4.78 is 87.8. The summed E-state index contributed by atoms with van der Waals surface area (Å²) in [5, 5.41) is 23.3. The van der Waals surface area contributed by atoms with E-state index in [1.165, 1.54) is 41.6 Å². The summed E-state index contributed by atoms with van der Waals surface area (Å²) >= 11 is 0. The lowest BCUT2D eigenvalue weighted by Crippen LogP contribution is -2.44. The Labute approximate surface area is 389 Å². The van der Waals surface area contributed by atoms with Crippen molar-refractivity contribution in [2.45, 2.75) is 98.5 Å². The van der Waals surface area contributed by atoms with Crippen LogP contribution in [0.2, 0.25) is 0 Å². The maximum Gasteiger partial charge on any atom is 0.169 e. The minimum Gasteiger partial charge on any atom is -0.808 e. The molecule has 404 valence electrons. The SMILES string of the molecule is CCCCC(O)(P(C)(=O)[O-])P(=O)([O-])[O-].CCCCCN(C)CCC(O)(P(=O)([O-])[O-])P(=O)([O-])O.N.O=P([O-])([O-])C(O)(CCn1ccnc1)P(=O)([O-])O.O=P([O-])([O-])C(O)(Cc1cccnc1)P(=O)([O-])O. The van der Waals surface area contributed by atoms with Crippen LogP contribution in [0.4, 0.5) is 0 Å². The fourth-order valence-electron chi connectivity index (χ4n) is 4.75. The number of aromatic nitrogens is 3. The van der Waals surface area contributed by atoms with Gasteiger partial charge >= 0.3 is 0 Å². The standard InChI is InChI=1S/C9H23NO7P2.C7H11NO7P2.C6H12N2O7P2.C6H16O6P2.H3N/c1-3-4-5-7-10(2)8-6-9(11,18(12,13)14)19(15,16)17;9-7(16(10,11)12,17(13,14)15)4-6-2-1-3-8-5-6;9-6(16(10,11)12,17(13,14)15)1-3-8-4-2-7-5-8;1-3-4-5-6(7,13(2,8)9)14(10,11)12;/h11H,3-8H2,1-2H3,(H2,12,13,14)(H2,15,16,17);1-3,5,9H,4H2,(H2,10,11,12)(H2,13,14,15);2,4-5,9H,1,3H2,(H2,10,11,12)(H2,13,14,15);7H,3-5H2,1-2H3,(H,8,9)(H2,10,11,12);1H3/p-12. The third-order valence-electron chi connectivity index (χ3n) is 9.03. The van der Waals surface area contributed by atoms with E-state index in [2.05, 4.69) is 9.97 Å². The number of hydrogen-bond acceptors (Lipinski definition) is 28. The molecule has 8 unspecified atom stereocenters. The van der Waals surface area contributed by atoms with Crippen molar-refractivity contribution in [1.82, 2.24) is 25.6 Å². The highest BCUT2D eigenvalue weighted by molar-refractivity contribution is 7.73. The fraction of sp³-hybridized carbons (Fsp3) is 0.714. The van der Waals surface area contributed by atoms with Crippen LogP contribution in [0.15, 0.2) is 43.2 Å². The molecular weight excluding hydrogens is 1090 g/mol. The molecule has 0 aliphatic heterocycles. The first-order valence-corrected chi connectivity index (χ1v) is 31.6. The summed E-state index contributed by atoms with van der Waals surface area (Å²) in [4.78, 5) is 164. The number of imidazole rings is 1. The maximum absolute atomic E-state index is 11.0. The Morgan fingerprint density at radius 1 is 0.588 bits per heavy atom. The highest BCUT2D eigenvalue weighted by Crippen LogP contribution is 2.65. The van der Waals surface area contributed by atoms with Crippen molar-refractivity contribution in [3.05, 3.63) is 48.8 Å². The van der Waals surface area contributed by atoms with E-state index in [0.29, 0.717) is 19.6 Å². The smallest absolute Gasteiger partial charge is 0.169 e. The van der Waals surface area contributed by atoms with E-state index in [4.69, 9.17) is 14.7 Å². The summed E-state index contributed by atoms with van der Waals surface area (Å²) in [6, 6.07) is 2.60. The van der Waals surface area contributed by atoms with E-state index in [-0.39, 0.29) is 31.2 Å². The Morgan fingerprint density at radius 2 is 1.01 bits per heavy atom. The van der Waals surface area contributed by atoms with Crippen LogP contribution in [-0.4, -0.2) is 102 Å². The maximum atomic E-state index is 11.0. The average molecular weight is 1140 g/mol. The van der Waals surface area contributed by atoms with Crippen LogP contribution in [0.25, 0.3) is 0 Å². The summed E-state index contributed by atoms with van der Waals surface area (Å²) in [5.74, 6) is 0. The zero-order valence-electron chi connectivity index (χ0n) is 36.4. The number of rotatable bonds is 23. The second-order valence-corrected chi connectivity index (χ2v) is 30.6. The molecule has 0 fully saturated rings. The Bertz CT molecular complexity index is 2100. The van der Waals surface area contributed by atoms with Crippen LogP contribution >= 0.6 is 60.5 Å². The molecule has 0 spiro atoms. The second-order valence-electron chi connectivity index (χ2n) is 14.4. The van der Waals surface area contributed by atoms with Crippen LogP contribution in [0, 0.1) is 0 Å². The van der Waals surface area contributed by atoms with E-state index in [0.717, 1.165) is 25.5 Å². The van der Waals surface area contributed by atoms with Gasteiger partial charge in [0.25, 0.3) is 0 Å². The summed E-state index contributed by atoms with van der Waals surface area (Å²) in [7, 11) is -43.6. The van der Waals surface area contributed by atoms with Crippen LogP contribution in [0.5, 0.6) is 0 Å². The van der Waals surface area contributed by atoms with Gasteiger partial charge in [0.2, 0.25) is 0 Å². The zero-order chi connectivity index (χ0) is 53.6. The third-order valence-corrected chi connectivity index (χ3v) is 24.5. The molecule has 0 aliphatic carbocycles. The average Bonchev–Trinajstić information content (AvgIpc) is 3.66. The van der Waals surface area contributed by atoms with Crippen molar-refractivity contribution >= 4 is 60.5 Å². The number of hydrogen-bond donors (Lipinski definition) is 8. The van der Waals surface area contributed by atoms with Gasteiger partial charge in [-0.25, -0.2) is 4.98 Å². The van der Waals surface area contributed by atoms with E-state index in [1.54, 1.807) is 18.9 Å². The Hall–Kier alpha value is -0.640. The van der Waals surface area contributed by atoms with E-state index in [1.807, 2.05) is 6.92 Å². The fourth-order valence-corrected chi connectivity index (χ4v) is 13.5. The first-order valence-electron chi connectivity index (χ1n) is 18.6. The highest BCUT2D eigenvalue weighted by atomic mass is 31.3. The second kappa shape index (κ2) is 27.6. The lowest BCUT2D eigenvalue weighted by Gasteiger charge is -2.51. The van der Waals surface area contributed by atoms with Gasteiger partial charge in [-0.15, -0.1) is 0 Å². The predicted octanol–water partition coefficient (Wildman–Crippen LogP) is -7.12. The Kier molecular flexibility index (Phi) is 29.1. The van der Waals surface area contributed by atoms with Crippen molar-refractivity contribution in [3.63, 3.8) is 0 Å². The largest absolute Gasteiger partial charge is 0.808 e. The highest BCUT2D eigenvalue weighted by Gasteiger charge is 2.43. The number of nitrogens with zero attached hydrogens (tertiary/aromatic N) is 4. The monoisotopic (exact) mass is 1140 g/mol. The van der Waals surface area contributed by atoms with Crippen molar-refractivity contribution in [2.75, 3.05) is 26.8 Å². The summed E-state index contributed by atoms with van der Waals surface area (Å²) in [6.07, 6.45) is 6.24. The van der Waals surface area contributed by atoms with E-state index >= 15 is 0 Å². The zero-order valence-corrected chi connectivity index (χ0v) is 43.6. The van der Waals surface area contributed by atoms with Crippen LogP contribution in [-0.2, 0) is 49.5 Å². The topological polar surface area (TPSA) is 624 Å². The molecule has 2 aromatic rings. The normalized spacial score (nSPS) is 19.5. The molecular formula is C28H53N5O27P8-12. The minimum atomic E-state index is -5.97. The molecule has 8 atom stereocenters. The number of aliphatic hydroxyl groups is 4. The van der Waals surface area contributed by atoms with Gasteiger partial charge in [-0.1, -0.05) is 45.6 Å². The van der Waals surface area contributed by atoms with Gasteiger partial charge in [-0.05, 0) is 75.1 Å². The predicted molar refractivity (Wildman–Crippen MR) is 214 cm³/mol. The van der Waals surface area contributed by atoms with E-state index < -0.39 is 107 Å². The summed E-state index contributed by atoms with van der Waals surface area (Å²) in [5.41, 5.74) is -0.0212. The van der Waals surface area contributed by atoms with Crippen molar-refractivity contribution < 1.29 is 130 Å². The van der Waals surface area contributed by atoms with Gasteiger partial charge in [-0.3, -0.25) is 4.98 Å². The number of pyridine rings is 1. The Balaban J connectivity index is -0.000000829. The molecule has 0 aromatic carbocycles. The lowest BCUT2D eigenvalue weighted by atomic mass is 10.2. The van der Waals surface area contributed by atoms with Gasteiger partial charge in [0.05, 0.1) is 6.33 Å². The molecule has 0 amide bonds. The van der Waals surface area contributed by atoms with Gasteiger partial charge in [0.1, 0.15) is 5.08 Å². The molecule has 0 aliphatic rings. The van der Waals surface area contributed by atoms with Crippen LogP contribution in [0.1, 0.15) is 70.8 Å². The summed E-state index contributed by atoms with van der Waals surface area (Å²) in [6.45, 7) is 4.38. The first-order chi connectivity index (χ1) is 29.7. The number of aryl methyl sites for hydroxylation is 1. The molecule has 0 saturated carbocycles. The molecule has 0 radical (unpaired) electrons. The van der Waals surface area contributed by atoms with Crippen molar-refractivity contribution in [3.8, 4) is 0 Å². The van der Waals surface area contributed by atoms with Crippen molar-refractivity contribution in [2.24, 2.45) is 0 Å². The molecule has 32 nitrogen and oxygen atoms in total. The van der Waals surface area contributed by atoms with Gasteiger partial charge < -0.3 is 146 Å². The van der Waals surface area contributed by atoms with Gasteiger partial charge in [-0.2, -0.15) is 0 Å². The first kappa shape index (κ1) is 71.6.